The average molecular weight is 310 g/mol. The highest BCUT2D eigenvalue weighted by Gasteiger charge is 2.25. The predicted molar refractivity (Wildman–Crippen MR) is 88.1 cm³/mol. The number of halogens is 1. The molecule has 5 heteroatoms. The molecule has 1 atom stereocenters. The van der Waals surface area contributed by atoms with E-state index in [1.54, 1.807) is 0 Å². The van der Waals surface area contributed by atoms with Gasteiger partial charge in [-0.25, -0.2) is 0 Å². The number of hydrogen-bond donors (Lipinski definition) is 0. The Hall–Kier alpha value is -1.10. The van der Waals surface area contributed by atoms with Gasteiger partial charge in [-0.15, -0.1) is 12.4 Å². The van der Waals surface area contributed by atoms with Gasteiger partial charge in [-0.3, -0.25) is 4.68 Å². The van der Waals surface area contributed by atoms with Crippen LogP contribution in [0.1, 0.15) is 32.1 Å². The summed E-state index contributed by atoms with van der Waals surface area (Å²) in [5.41, 5.74) is 2.32. The van der Waals surface area contributed by atoms with Crippen LogP contribution in [0.2, 0.25) is 0 Å². The molecule has 2 aromatic rings. The van der Waals surface area contributed by atoms with Crippen LogP contribution in [-0.2, 0) is 11.3 Å². The summed E-state index contributed by atoms with van der Waals surface area (Å²) in [6, 6.07) is 8.89. The van der Waals surface area contributed by atoms with Crippen LogP contribution < -0.4 is 0 Å². The highest BCUT2D eigenvalue weighted by Crippen LogP contribution is 2.29. The quantitative estimate of drug-likeness (QED) is 0.872. The molecule has 1 aromatic heterocycles. The zero-order valence-electron chi connectivity index (χ0n) is 13.0. The van der Waals surface area contributed by atoms with Crippen molar-refractivity contribution in [1.29, 1.82) is 0 Å². The van der Waals surface area contributed by atoms with Crippen LogP contribution in [0.25, 0.3) is 10.9 Å². The number of rotatable bonds is 3. The number of aryl methyl sites for hydroxylation is 1. The van der Waals surface area contributed by atoms with Crippen LogP contribution in [0, 0.1) is 0 Å². The maximum Gasteiger partial charge on any atom is 0.112 e. The van der Waals surface area contributed by atoms with Crippen LogP contribution in [0.3, 0.4) is 0 Å². The molecule has 3 rings (SSSR count). The number of likely N-dealkylation sites (N-methyl/N-ethyl adjacent to an activating group) is 1. The Morgan fingerprint density at radius 3 is 2.90 bits per heavy atom. The third-order valence-electron chi connectivity index (χ3n) is 4.16. The van der Waals surface area contributed by atoms with Gasteiger partial charge in [-0.05, 0) is 33.4 Å². The van der Waals surface area contributed by atoms with Crippen molar-refractivity contribution in [3.8, 4) is 0 Å². The number of ether oxygens (including phenoxy) is 1. The van der Waals surface area contributed by atoms with Crippen LogP contribution in [0.15, 0.2) is 24.3 Å². The standard InChI is InChI=1S/C16H23N3O.ClH/c1-12(2)18(3)11-15-16-13-7-4-5-8-14(13)17-19(16)9-6-10-20-15;/h4-5,7-8,12,15H,6,9-11H2,1-3H3;1H. The zero-order valence-corrected chi connectivity index (χ0v) is 13.8. The molecule has 116 valence electrons. The highest BCUT2D eigenvalue weighted by molar-refractivity contribution is 5.85. The van der Waals surface area contributed by atoms with E-state index in [9.17, 15) is 0 Å². The topological polar surface area (TPSA) is 30.3 Å². The summed E-state index contributed by atoms with van der Waals surface area (Å²) in [5.74, 6) is 0. The molecule has 1 aliphatic rings. The lowest BCUT2D eigenvalue weighted by atomic mass is 10.1. The van der Waals surface area contributed by atoms with E-state index >= 15 is 0 Å². The first-order chi connectivity index (χ1) is 9.66. The smallest absolute Gasteiger partial charge is 0.112 e. The lowest BCUT2D eigenvalue weighted by Gasteiger charge is -2.26. The summed E-state index contributed by atoms with van der Waals surface area (Å²) >= 11 is 0. The number of benzene rings is 1. The van der Waals surface area contributed by atoms with E-state index in [-0.39, 0.29) is 18.5 Å². The van der Waals surface area contributed by atoms with E-state index < -0.39 is 0 Å². The molecular weight excluding hydrogens is 286 g/mol. The molecule has 0 fully saturated rings. The molecule has 0 amide bonds. The van der Waals surface area contributed by atoms with Crippen molar-refractivity contribution in [3.63, 3.8) is 0 Å². The van der Waals surface area contributed by atoms with Gasteiger partial charge in [-0.1, -0.05) is 18.2 Å². The van der Waals surface area contributed by atoms with Crippen molar-refractivity contribution >= 4 is 23.3 Å². The summed E-state index contributed by atoms with van der Waals surface area (Å²) in [4.78, 5) is 2.34. The Balaban J connectivity index is 0.00000161. The van der Waals surface area contributed by atoms with Crippen molar-refractivity contribution in [1.82, 2.24) is 14.7 Å². The van der Waals surface area contributed by atoms with Gasteiger partial charge in [0.2, 0.25) is 0 Å². The van der Waals surface area contributed by atoms with E-state index in [1.807, 2.05) is 6.07 Å². The van der Waals surface area contributed by atoms with E-state index in [4.69, 9.17) is 9.84 Å². The SMILES string of the molecule is CC(C)N(C)CC1OCCCn2nc3ccccc3c21.Cl. The maximum absolute atomic E-state index is 6.11. The molecule has 1 unspecified atom stereocenters. The van der Waals surface area contributed by atoms with Gasteiger partial charge < -0.3 is 9.64 Å². The fourth-order valence-corrected chi connectivity index (χ4v) is 2.74. The minimum atomic E-state index is 0. The maximum atomic E-state index is 6.11. The van der Waals surface area contributed by atoms with Gasteiger partial charge in [-0.2, -0.15) is 5.10 Å². The second-order valence-electron chi connectivity index (χ2n) is 5.87. The third-order valence-corrected chi connectivity index (χ3v) is 4.16. The Bertz CT molecular complexity index is 596. The molecular formula is C16H24ClN3O. The number of hydrogen-bond acceptors (Lipinski definition) is 3. The second kappa shape index (κ2) is 6.77. The molecule has 0 N–H and O–H groups in total. The first-order valence-corrected chi connectivity index (χ1v) is 7.44. The fraction of sp³-hybridized carbons (Fsp3) is 0.562. The van der Waals surface area contributed by atoms with Gasteiger partial charge in [0.25, 0.3) is 0 Å². The molecule has 0 saturated carbocycles. The largest absolute Gasteiger partial charge is 0.370 e. The van der Waals surface area contributed by atoms with E-state index in [0.29, 0.717) is 6.04 Å². The monoisotopic (exact) mass is 309 g/mol. The molecule has 0 spiro atoms. The molecule has 0 bridgehead atoms. The number of nitrogens with zero attached hydrogens (tertiary/aromatic N) is 3. The number of fused-ring (bicyclic) bond motifs is 3. The Morgan fingerprint density at radius 1 is 1.38 bits per heavy atom. The van der Waals surface area contributed by atoms with E-state index in [2.05, 4.69) is 48.7 Å². The zero-order chi connectivity index (χ0) is 14.1. The summed E-state index contributed by atoms with van der Waals surface area (Å²) in [7, 11) is 2.15. The van der Waals surface area contributed by atoms with Gasteiger partial charge in [0.1, 0.15) is 6.10 Å². The molecule has 2 heterocycles. The highest BCUT2D eigenvalue weighted by atomic mass is 35.5. The van der Waals surface area contributed by atoms with Gasteiger partial charge >= 0.3 is 0 Å². The van der Waals surface area contributed by atoms with Gasteiger partial charge in [0.15, 0.2) is 0 Å². The normalized spacial score (nSPS) is 18.6. The molecule has 0 aliphatic carbocycles. The van der Waals surface area contributed by atoms with Crippen LogP contribution >= 0.6 is 12.4 Å². The number of aromatic nitrogens is 2. The van der Waals surface area contributed by atoms with Crippen LogP contribution in [0.4, 0.5) is 0 Å². The van der Waals surface area contributed by atoms with Crippen molar-refractivity contribution in [3.05, 3.63) is 30.0 Å². The van der Waals surface area contributed by atoms with Crippen molar-refractivity contribution in [2.24, 2.45) is 0 Å². The van der Waals surface area contributed by atoms with E-state index in [1.165, 1.54) is 11.1 Å². The van der Waals surface area contributed by atoms with Crippen molar-refractivity contribution in [2.45, 2.75) is 39.0 Å². The van der Waals surface area contributed by atoms with Gasteiger partial charge in [0.05, 0.1) is 11.2 Å². The Morgan fingerprint density at radius 2 is 2.14 bits per heavy atom. The van der Waals surface area contributed by atoms with Crippen LogP contribution in [-0.4, -0.2) is 40.9 Å². The minimum Gasteiger partial charge on any atom is -0.370 e. The molecule has 21 heavy (non-hydrogen) atoms. The molecule has 0 radical (unpaired) electrons. The average Bonchev–Trinajstić information content (AvgIpc) is 2.69. The van der Waals surface area contributed by atoms with Crippen LogP contribution in [0.5, 0.6) is 0 Å². The summed E-state index contributed by atoms with van der Waals surface area (Å²) in [6.07, 6.45) is 1.14. The van der Waals surface area contributed by atoms with Gasteiger partial charge in [0, 0.05) is 31.1 Å². The predicted octanol–water partition coefficient (Wildman–Crippen LogP) is 3.26. The minimum absolute atomic E-state index is 0. The third kappa shape index (κ3) is 3.23. The Labute approximate surface area is 132 Å². The molecule has 0 saturated heterocycles. The lowest BCUT2D eigenvalue weighted by molar-refractivity contribution is 0.0278. The van der Waals surface area contributed by atoms with Crippen molar-refractivity contribution < 1.29 is 4.74 Å². The molecule has 1 aliphatic heterocycles. The van der Waals surface area contributed by atoms with E-state index in [0.717, 1.165) is 31.6 Å². The first-order valence-electron chi connectivity index (χ1n) is 7.44. The fourth-order valence-electron chi connectivity index (χ4n) is 2.74. The van der Waals surface area contributed by atoms with Crippen molar-refractivity contribution in [2.75, 3.05) is 20.2 Å². The second-order valence-corrected chi connectivity index (χ2v) is 5.87. The lowest BCUT2D eigenvalue weighted by Crippen LogP contribution is -2.32. The Kier molecular flexibility index (Phi) is 5.25. The molecule has 4 nitrogen and oxygen atoms in total. The summed E-state index contributed by atoms with van der Waals surface area (Å²) in [5, 5.41) is 5.97. The summed E-state index contributed by atoms with van der Waals surface area (Å²) < 4.78 is 8.26. The molecule has 1 aromatic carbocycles. The first kappa shape index (κ1) is 16.3. The summed E-state index contributed by atoms with van der Waals surface area (Å²) in [6.45, 7) is 7.10.